The summed E-state index contributed by atoms with van der Waals surface area (Å²) in [6.45, 7) is 1.40. The van der Waals surface area contributed by atoms with E-state index in [1.54, 1.807) is 0 Å². The summed E-state index contributed by atoms with van der Waals surface area (Å²) in [5.41, 5.74) is 0. The van der Waals surface area contributed by atoms with E-state index in [-0.39, 0.29) is 12.7 Å². The van der Waals surface area contributed by atoms with E-state index in [2.05, 4.69) is 0 Å². The lowest BCUT2D eigenvalue weighted by Crippen LogP contribution is -2.21. The van der Waals surface area contributed by atoms with Crippen LogP contribution in [0.5, 0.6) is 0 Å². The number of carbonyl (C=O) groups is 1. The average Bonchev–Trinajstić information content (AvgIpc) is 2.67. The van der Waals surface area contributed by atoms with Crippen LogP contribution in [0.1, 0.15) is 103 Å². The number of aliphatic carboxylic acids is 1. The van der Waals surface area contributed by atoms with E-state index in [0.717, 1.165) is 24.7 Å². The minimum absolute atomic E-state index is 0.121. The molecule has 2 aliphatic carbocycles. The van der Waals surface area contributed by atoms with Crippen LogP contribution in [0.25, 0.3) is 0 Å². The number of hydrogen-bond donors (Lipinski definition) is 1. The van der Waals surface area contributed by atoms with Gasteiger partial charge in [-0.3, -0.25) is 4.79 Å². The van der Waals surface area contributed by atoms with Gasteiger partial charge >= 0.3 is 5.97 Å². The topological polar surface area (TPSA) is 55.8 Å². The average molecular weight is 369 g/mol. The van der Waals surface area contributed by atoms with Crippen LogP contribution >= 0.6 is 0 Å². The fraction of sp³-hybridized carbons (Fsp3) is 0.955. The lowest BCUT2D eigenvalue weighted by atomic mass is 9.86. The molecule has 2 fully saturated rings. The number of carboxylic acid groups (broad SMARTS) is 1. The predicted octanol–water partition coefficient (Wildman–Crippen LogP) is 5.93. The van der Waals surface area contributed by atoms with E-state index >= 15 is 0 Å². The van der Waals surface area contributed by atoms with Gasteiger partial charge in [-0.05, 0) is 37.5 Å². The molecule has 0 heterocycles. The maximum atomic E-state index is 10.9. The number of carboxylic acids is 1. The minimum Gasteiger partial charge on any atom is -0.481 e. The monoisotopic (exact) mass is 368 g/mol. The summed E-state index contributed by atoms with van der Waals surface area (Å²) in [6.07, 6.45) is 18.7. The number of ether oxygens (including phenoxy) is 2. The highest BCUT2D eigenvalue weighted by Gasteiger charge is 2.16. The second-order valence-electron chi connectivity index (χ2n) is 8.40. The lowest BCUT2D eigenvalue weighted by Gasteiger charge is -2.23. The summed E-state index contributed by atoms with van der Waals surface area (Å²) in [4.78, 5) is 10.9. The van der Waals surface area contributed by atoms with Crippen molar-refractivity contribution in [2.75, 3.05) is 13.2 Å². The van der Waals surface area contributed by atoms with Crippen LogP contribution in [0.3, 0.4) is 0 Å². The predicted molar refractivity (Wildman–Crippen MR) is 104 cm³/mol. The summed E-state index contributed by atoms with van der Waals surface area (Å²) in [5.74, 6) is 0.981. The van der Waals surface area contributed by atoms with Crippen LogP contribution in [0, 0.1) is 11.8 Å². The number of hydrogen-bond acceptors (Lipinski definition) is 3. The van der Waals surface area contributed by atoms with Gasteiger partial charge in [-0.15, -0.1) is 0 Å². The Morgan fingerprint density at radius 1 is 0.808 bits per heavy atom. The van der Waals surface area contributed by atoms with Crippen molar-refractivity contribution in [1.29, 1.82) is 0 Å². The van der Waals surface area contributed by atoms with Crippen LogP contribution in [0.4, 0.5) is 0 Å². The van der Waals surface area contributed by atoms with Crippen LogP contribution in [0.2, 0.25) is 0 Å². The zero-order chi connectivity index (χ0) is 18.5. The fourth-order valence-corrected chi connectivity index (χ4v) is 4.58. The molecule has 0 aromatic carbocycles. The van der Waals surface area contributed by atoms with E-state index < -0.39 is 5.97 Å². The van der Waals surface area contributed by atoms with Gasteiger partial charge in [0.05, 0.1) is 6.42 Å². The minimum atomic E-state index is -0.772. The fourth-order valence-electron chi connectivity index (χ4n) is 4.58. The zero-order valence-corrected chi connectivity index (χ0v) is 16.6. The second kappa shape index (κ2) is 13.5. The summed E-state index contributed by atoms with van der Waals surface area (Å²) in [5, 5.41) is 8.93. The molecule has 0 spiro atoms. The van der Waals surface area contributed by atoms with Crippen LogP contribution in [0.15, 0.2) is 0 Å². The van der Waals surface area contributed by atoms with E-state index in [1.165, 1.54) is 77.0 Å². The maximum absolute atomic E-state index is 10.9. The Morgan fingerprint density at radius 3 is 1.69 bits per heavy atom. The van der Waals surface area contributed by atoms with Crippen LogP contribution < -0.4 is 0 Å². The standard InChI is InChI=1S/C22H40O4/c23-21(24)15-16-22(25-17-7-13-19-9-3-1-4-10-19)26-18-8-14-20-11-5-2-6-12-20/h19-20,22H,1-18H2,(H,23,24). The van der Waals surface area contributed by atoms with Gasteiger partial charge in [0.2, 0.25) is 0 Å². The van der Waals surface area contributed by atoms with Crippen molar-refractivity contribution in [1.82, 2.24) is 0 Å². The molecule has 4 nitrogen and oxygen atoms in total. The number of rotatable bonds is 13. The molecule has 0 unspecified atom stereocenters. The molecule has 2 saturated carbocycles. The SMILES string of the molecule is O=C(O)CCC(OCCCC1CCCCC1)OCCCC1CCCCC1. The van der Waals surface area contributed by atoms with Crippen molar-refractivity contribution in [3.8, 4) is 0 Å². The molecule has 0 aromatic heterocycles. The molecular formula is C22H40O4. The Hall–Kier alpha value is -0.610. The molecule has 26 heavy (non-hydrogen) atoms. The second-order valence-corrected chi connectivity index (χ2v) is 8.40. The lowest BCUT2D eigenvalue weighted by molar-refractivity contribution is -0.157. The molecule has 0 saturated heterocycles. The van der Waals surface area contributed by atoms with Gasteiger partial charge < -0.3 is 14.6 Å². The first kappa shape index (κ1) is 21.7. The zero-order valence-electron chi connectivity index (χ0n) is 16.6. The summed E-state index contributed by atoms with van der Waals surface area (Å²) in [6, 6.07) is 0. The molecule has 2 rings (SSSR count). The van der Waals surface area contributed by atoms with Crippen molar-refractivity contribution in [3.05, 3.63) is 0 Å². The van der Waals surface area contributed by atoms with Crippen molar-refractivity contribution < 1.29 is 19.4 Å². The molecular weight excluding hydrogens is 328 g/mol. The largest absolute Gasteiger partial charge is 0.481 e. The smallest absolute Gasteiger partial charge is 0.303 e. The third kappa shape index (κ3) is 9.91. The highest BCUT2D eigenvalue weighted by atomic mass is 16.7. The Bertz CT molecular complexity index is 333. The van der Waals surface area contributed by atoms with Gasteiger partial charge in [0.25, 0.3) is 0 Å². The molecule has 2 aliphatic rings. The maximum Gasteiger partial charge on any atom is 0.303 e. The quantitative estimate of drug-likeness (QED) is 0.323. The van der Waals surface area contributed by atoms with Crippen molar-refractivity contribution in [2.45, 2.75) is 109 Å². The highest BCUT2D eigenvalue weighted by molar-refractivity contribution is 5.66. The van der Waals surface area contributed by atoms with Gasteiger partial charge in [-0.2, -0.15) is 0 Å². The summed E-state index contributed by atoms with van der Waals surface area (Å²) in [7, 11) is 0. The van der Waals surface area contributed by atoms with E-state index in [1.807, 2.05) is 0 Å². The van der Waals surface area contributed by atoms with E-state index in [0.29, 0.717) is 19.6 Å². The van der Waals surface area contributed by atoms with E-state index in [4.69, 9.17) is 14.6 Å². The highest BCUT2D eigenvalue weighted by Crippen LogP contribution is 2.28. The van der Waals surface area contributed by atoms with Gasteiger partial charge in [0.1, 0.15) is 0 Å². The Labute approximate surface area is 160 Å². The molecule has 4 heteroatoms. The normalized spacial score (nSPS) is 19.9. The van der Waals surface area contributed by atoms with E-state index in [9.17, 15) is 4.79 Å². The molecule has 0 aliphatic heterocycles. The summed E-state index contributed by atoms with van der Waals surface area (Å²) >= 11 is 0. The molecule has 0 radical (unpaired) electrons. The Balaban J connectivity index is 1.56. The van der Waals surface area contributed by atoms with Gasteiger partial charge in [-0.25, -0.2) is 0 Å². The van der Waals surface area contributed by atoms with Crippen molar-refractivity contribution in [2.24, 2.45) is 11.8 Å². The van der Waals surface area contributed by atoms with Crippen LogP contribution in [-0.4, -0.2) is 30.6 Å². The third-order valence-electron chi connectivity index (χ3n) is 6.16. The Morgan fingerprint density at radius 2 is 1.27 bits per heavy atom. The van der Waals surface area contributed by atoms with Crippen LogP contribution in [-0.2, 0) is 14.3 Å². The molecule has 0 atom stereocenters. The Kier molecular flexibility index (Phi) is 11.3. The van der Waals surface area contributed by atoms with Crippen molar-refractivity contribution >= 4 is 5.97 Å². The molecule has 1 N–H and O–H groups in total. The van der Waals surface area contributed by atoms with Gasteiger partial charge in [-0.1, -0.05) is 64.2 Å². The molecule has 152 valence electrons. The third-order valence-corrected chi connectivity index (χ3v) is 6.16. The molecule has 0 amide bonds. The van der Waals surface area contributed by atoms with Gasteiger partial charge in [0.15, 0.2) is 6.29 Å². The molecule has 0 aromatic rings. The first-order valence-corrected chi connectivity index (χ1v) is 11.2. The van der Waals surface area contributed by atoms with Gasteiger partial charge in [0, 0.05) is 19.6 Å². The first-order chi connectivity index (χ1) is 12.7. The summed E-state index contributed by atoms with van der Waals surface area (Å²) < 4.78 is 11.8. The molecule has 0 bridgehead atoms. The van der Waals surface area contributed by atoms with Crippen molar-refractivity contribution in [3.63, 3.8) is 0 Å². The first-order valence-electron chi connectivity index (χ1n) is 11.2.